The summed E-state index contributed by atoms with van der Waals surface area (Å²) in [5.41, 5.74) is 0. The molecule has 2 nitrogen and oxygen atoms in total. The van der Waals surface area contributed by atoms with Crippen LogP contribution in [0.2, 0.25) is 0 Å². The fourth-order valence-corrected chi connectivity index (χ4v) is 2.50. The lowest BCUT2D eigenvalue weighted by molar-refractivity contribution is -0.149. The normalized spacial score (nSPS) is 18.5. The van der Waals surface area contributed by atoms with Crippen LogP contribution in [-0.4, -0.2) is 23.6 Å². The largest absolute Gasteiger partial charge is 0.462 e. The third kappa shape index (κ3) is 6.08. The van der Waals surface area contributed by atoms with Gasteiger partial charge in [-0.05, 0) is 31.4 Å². The van der Waals surface area contributed by atoms with Crippen LogP contribution in [0.1, 0.15) is 51.9 Å². The molecular formula is C12H22O2S. The number of carbonyl (C=O) groups is 1. The zero-order valence-corrected chi connectivity index (χ0v) is 10.5. The third-order valence-corrected chi connectivity index (χ3v) is 3.66. The van der Waals surface area contributed by atoms with E-state index in [9.17, 15) is 4.79 Å². The summed E-state index contributed by atoms with van der Waals surface area (Å²) in [6.45, 7) is 2.11. The van der Waals surface area contributed by atoms with E-state index in [1.165, 1.54) is 25.7 Å². The Labute approximate surface area is 97.1 Å². The summed E-state index contributed by atoms with van der Waals surface area (Å²) in [7, 11) is 0. The summed E-state index contributed by atoms with van der Waals surface area (Å²) in [5, 5.41) is 0. The molecule has 1 aliphatic carbocycles. The minimum atomic E-state index is 0.00264. The van der Waals surface area contributed by atoms with E-state index in [1.54, 1.807) is 11.8 Å². The lowest BCUT2D eigenvalue weighted by Gasteiger charge is -2.15. The van der Waals surface area contributed by atoms with Crippen LogP contribution >= 0.6 is 11.8 Å². The van der Waals surface area contributed by atoms with E-state index in [1.807, 2.05) is 0 Å². The molecule has 0 aliphatic heterocycles. The Morgan fingerprint density at radius 1 is 1.27 bits per heavy atom. The Kier molecular flexibility index (Phi) is 6.90. The summed E-state index contributed by atoms with van der Waals surface area (Å²) in [4.78, 5) is 11.5. The maximum Gasteiger partial charge on any atom is 0.306 e. The molecule has 1 saturated carbocycles. The molecule has 1 fully saturated rings. The summed E-state index contributed by atoms with van der Waals surface area (Å²) in [6, 6.07) is 0. The van der Waals surface area contributed by atoms with E-state index in [0.29, 0.717) is 6.42 Å². The van der Waals surface area contributed by atoms with E-state index in [2.05, 4.69) is 6.92 Å². The highest BCUT2D eigenvalue weighted by atomic mass is 32.2. The predicted octanol–water partition coefficient (Wildman–Crippen LogP) is 3.40. The van der Waals surface area contributed by atoms with Gasteiger partial charge in [-0.2, -0.15) is 11.8 Å². The molecule has 0 aromatic heterocycles. The van der Waals surface area contributed by atoms with Gasteiger partial charge in [0.25, 0.3) is 0 Å². The van der Waals surface area contributed by atoms with Crippen molar-refractivity contribution >= 4 is 17.7 Å². The van der Waals surface area contributed by atoms with Crippen LogP contribution in [0, 0.1) is 0 Å². The van der Waals surface area contributed by atoms with Gasteiger partial charge in [0, 0.05) is 5.75 Å². The molecule has 0 amide bonds. The molecule has 0 aromatic carbocycles. The maximum atomic E-state index is 11.5. The quantitative estimate of drug-likeness (QED) is 0.411. The summed E-state index contributed by atoms with van der Waals surface area (Å²) < 4.78 is 5.47. The Morgan fingerprint density at radius 3 is 2.53 bits per heavy atom. The van der Waals surface area contributed by atoms with Crippen LogP contribution in [0.15, 0.2) is 0 Å². The number of hydrogen-bond donors (Lipinski definition) is 0. The number of thioether (sulfide) groups is 1. The van der Waals surface area contributed by atoms with E-state index < -0.39 is 0 Å². The van der Waals surface area contributed by atoms with Gasteiger partial charge in [-0.15, -0.1) is 0 Å². The minimum absolute atomic E-state index is 0.00264. The van der Waals surface area contributed by atoms with Gasteiger partial charge in [-0.25, -0.2) is 0 Å². The van der Waals surface area contributed by atoms with Gasteiger partial charge in [0.1, 0.15) is 6.10 Å². The summed E-state index contributed by atoms with van der Waals surface area (Å²) in [5.74, 6) is 1.99. The average Bonchev–Trinajstić information content (AvgIpc) is 2.47. The molecule has 0 aromatic rings. The summed E-state index contributed by atoms with van der Waals surface area (Å²) in [6.07, 6.45) is 8.00. The van der Waals surface area contributed by atoms with Crippen LogP contribution in [0.4, 0.5) is 0 Å². The number of esters is 1. The van der Waals surface area contributed by atoms with Gasteiger partial charge < -0.3 is 4.74 Å². The summed E-state index contributed by atoms with van der Waals surface area (Å²) >= 11 is 1.80. The lowest BCUT2D eigenvalue weighted by Crippen LogP contribution is -2.17. The number of hydrogen-bond acceptors (Lipinski definition) is 3. The van der Waals surface area contributed by atoms with Crippen LogP contribution in [-0.2, 0) is 9.53 Å². The van der Waals surface area contributed by atoms with Crippen LogP contribution in [0.5, 0.6) is 0 Å². The standard InChI is InChI=1S/C12H22O2S/c1-2-15-10-9-12(13)14-11-7-5-3-4-6-8-11/h11H,2-10H2,1H3. The van der Waals surface area contributed by atoms with Gasteiger partial charge in [0.2, 0.25) is 0 Å². The molecule has 0 bridgehead atoms. The Hall–Kier alpha value is -0.180. The monoisotopic (exact) mass is 230 g/mol. The van der Waals surface area contributed by atoms with Crippen molar-refractivity contribution in [3.8, 4) is 0 Å². The average molecular weight is 230 g/mol. The predicted molar refractivity (Wildman–Crippen MR) is 65.2 cm³/mol. The molecule has 0 saturated heterocycles. The van der Waals surface area contributed by atoms with Crippen LogP contribution < -0.4 is 0 Å². The molecule has 0 N–H and O–H groups in total. The van der Waals surface area contributed by atoms with Crippen molar-refractivity contribution in [2.24, 2.45) is 0 Å². The molecule has 0 heterocycles. The van der Waals surface area contributed by atoms with Gasteiger partial charge in [0.15, 0.2) is 0 Å². The highest BCUT2D eigenvalue weighted by Gasteiger charge is 2.16. The smallest absolute Gasteiger partial charge is 0.306 e. The van der Waals surface area contributed by atoms with E-state index in [-0.39, 0.29) is 12.1 Å². The number of ether oxygens (including phenoxy) is 1. The molecule has 1 rings (SSSR count). The Bertz CT molecular complexity index is 174. The highest BCUT2D eigenvalue weighted by Crippen LogP contribution is 2.20. The van der Waals surface area contributed by atoms with Crippen molar-refractivity contribution in [1.82, 2.24) is 0 Å². The van der Waals surface area contributed by atoms with Crippen molar-refractivity contribution in [1.29, 1.82) is 0 Å². The van der Waals surface area contributed by atoms with E-state index in [0.717, 1.165) is 24.3 Å². The third-order valence-electron chi connectivity index (χ3n) is 2.75. The molecule has 3 heteroatoms. The van der Waals surface area contributed by atoms with Crippen molar-refractivity contribution in [2.75, 3.05) is 11.5 Å². The molecule has 88 valence electrons. The topological polar surface area (TPSA) is 26.3 Å². The fourth-order valence-electron chi connectivity index (χ4n) is 1.90. The first-order chi connectivity index (χ1) is 7.33. The molecule has 15 heavy (non-hydrogen) atoms. The Morgan fingerprint density at radius 2 is 1.93 bits per heavy atom. The van der Waals surface area contributed by atoms with Crippen molar-refractivity contribution in [3.05, 3.63) is 0 Å². The number of rotatable bonds is 5. The molecule has 0 spiro atoms. The molecule has 0 radical (unpaired) electrons. The van der Waals surface area contributed by atoms with Gasteiger partial charge in [0.05, 0.1) is 6.42 Å². The van der Waals surface area contributed by atoms with Gasteiger partial charge in [-0.1, -0.05) is 19.8 Å². The molecule has 1 aliphatic rings. The SMILES string of the molecule is CCSCCC(=O)OC1CCCCCC1. The minimum Gasteiger partial charge on any atom is -0.462 e. The van der Waals surface area contributed by atoms with Crippen molar-refractivity contribution in [2.45, 2.75) is 58.0 Å². The second-order valence-electron chi connectivity index (χ2n) is 4.05. The van der Waals surface area contributed by atoms with Crippen LogP contribution in [0.3, 0.4) is 0 Å². The van der Waals surface area contributed by atoms with E-state index >= 15 is 0 Å². The highest BCUT2D eigenvalue weighted by molar-refractivity contribution is 7.99. The van der Waals surface area contributed by atoms with E-state index in [4.69, 9.17) is 4.74 Å². The van der Waals surface area contributed by atoms with Gasteiger partial charge >= 0.3 is 5.97 Å². The second-order valence-corrected chi connectivity index (χ2v) is 5.44. The Balaban J connectivity index is 2.12. The number of carbonyl (C=O) groups excluding carboxylic acids is 1. The maximum absolute atomic E-state index is 11.5. The van der Waals surface area contributed by atoms with Crippen molar-refractivity contribution < 1.29 is 9.53 Å². The zero-order valence-electron chi connectivity index (χ0n) is 9.67. The lowest BCUT2D eigenvalue weighted by atomic mass is 10.1. The van der Waals surface area contributed by atoms with Gasteiger partial charge in [-0.3, -0.25) is 4.79 Å². The fraction of sp³-hybridized carbons (Fsp3) is 0.917. The second kappa shape index (κ2) is 8.03. The zero-order chi connectivity index (χ0) is 10.9. The molecule has 0 atom stereocenters. The van der Waals surface area contributed by atoms with Crippen molar-refractivity contribution in [3.63, 3.8) is 0 Å². The van der Waals surface area contributed by atoms with Crippen LogP contribution in [0.25, 0.3) is 0 Å². The molecule has 0 unspecified atom stereocenters. The molecular weight excluding hydrogens is 208 g/mol. The first-order valence-electron chi connectivity index (χ1n) is 6.10. The first-order valence-corrected chi connectivity index (χ1v) is 7.25. The first kappa shape index (κ1) is 12.9.